The molecular formula is C16H17N3O6S2. The number of nitrogens with one attached hydrogen (secondary N) is 2. The maximum absolute atomic E-state index is 11.9. The Kier molecular flexibility index (Phi) is 4.66. The molecule has 3 rings (SSSR count). The van der Waals surface area contributed by atoms with E-state index in [1.54, 1.807) is 30.3 Å². The van der Waals surface area contributed by atoms with Crippen LogP contribution >= 0.6 is 0 Å². The Labute approximate surface area is 156 Å². The Balaban J connectivity index is 1.90. The maximum atomic E-state index is 11.9. The second-order valence-electron chi connectivity index (χ2n) is 5.95. The first kappa shape index (κ1) is 18.9. The van der Waals surface area contributed by atoms with E-state index in [1.807, 2.05) is 4.72 Å². The molecule has 0 radical (unpaired) electrons. The smallest absolute Gasteiger partial charge is 0.330 e. The zero-order valence-electron chi connectivity index (χ0n) is 14.1. The molecule has 1 aliphatic rings. The molecule has 0 fully saturated rings. The molecule has 0 spiro atoms. The van der Waals surface area contributed by atoms with E-state index in [-0.39, 0.29) is 11.4 Å². The van der Waals surface area contributed by atoms with Gasteiger partial charge in [0.25, 0.3) is 0 Å². The Morgan fingerprint density at radius 2 is 1.85 bits per heavy atom. The molecule has 0 atom stereocenters. The summed E-state index contributed by atoms with van der Waals surface area (Å²) in [6.45, 7) is 0. The Hall–Kier alpha value is -2.92. The van der Waals surface area contributed by atoms with Gasteiger partial charge in [0, 0.05) is 0 Å². The largest absolute Gasteiger partial charge is 0.506 e. The van der Waals surface area contributed by atoms with Gasteiger partial charge in [0.05, 0.1) is 18.1 Å². The molecule has 2 aromatic carbocycles. The highest BCUT2D eigenvalue weighted by molar-refractivity contribution is 7.92. The van der Waals surface area contributed by atoms with Crippen molar-refractivity contribution >= 4 is 31.6 Å². The summed E-state index contributed by atoms with van der Waals surface area (Å²) < 4.78 is 51.8. The number of aliphatic hydroxyl groups excluding tert-OH is 1. The van der Waals surface area contributed by atoms with Crippen LogP contribution in [0.5, 0.6) is 5.75 Å². The first-order chi connectivity index (χ1) is 12.5. The molecule has 1 aliphatic heterocycles. The fourth-order valence-corrected chi connectivity index (χ4v) is 4.31. The standard InChI is InChI=1S/C16H17N3O6S2/c1-26(22,23)17-13-5-3-2-4-12(13)8-11-6-7-14(15(20)9-11)19-10-16(21)18-27(19,24)25/h2-7,9-10,17-18,20-21H,8H2,1H3. The van der Waals surface area contributed by atoms with E-state index >= 15 is 0 Å². The number of aliphatic hydroxyl groups is 1. The lowest BCUT2D eigenvalue weighted by Gasteiger charge is -2.16. The van der Waals surface area contributed by atoms with Gasteiger partial charge < -0.3 is 10.2 Å². The van der Waals surface area contributed by atoms with Crippen LogP contribution in [0, 0.1) is 0 Å². The van der Waals surface area contributed by atoms with Crippen LogP contribution < -0.4 is 13.7 Å². The number of rotatable bonds is 5. The maximum Gasteiger partial charge on any atom is 0.330 e. The number of aromatic hydroxyl groups is 1. The minimum absolute atomic E-state index is 0.0298. The van der Waals surface area contributed by atoms with E-state index in [4.69, 9.17) is 0 Å². The third kappa shape index (κ3) is 4.26. The lowest BCUT2D eigenvalue weighted by Crippen LogP contribution is -2.29. The van der Waals surface area contributed by atoms with Crippen molar-refractivity contribution in [2.24, 2.45) is 0 Å². The summed E-state index contributed by atoms with van der Waals surface area (Å²) in [6.07, 6.45) is 2.30. The highest BCUT2D eigenvalue weighted by Crippen LogP contribution is 2.33. The first-order valence-corrected chi connectivity index (χ1v) is 11.0. The molecule has 0 bridgehead atoms. The van der Waals surface area contributed by atoms with E-state index in [2.05, 4.69) is 4.72 Å². The van der Waals surface area contributed by atoms with Crippen LogP contribution in [0.3, 0.4) is 0 Å². The normalized spacial score (nSPS) is 15.9. The lowest BCUT2D eigenvalue weighted by molar-refractivity contribution is 0.392. The van der Waals surface area contributed by atoms with Gasteiger partial charge in [-0.2, -0.15) is 8.42 Å². The minimum atomic E-state index is -4.01. The number of para-hydroxylation sites is 1. The Morgan fingerprint density at radius 1 is 1.15 bits per heavy atom. The van der Waals surface area contributed by atoms with Gasteiger partial charge in [-0.1, -0.05) is 24.3 Å². The molecule has 0 aliphatic carbocycles. The number of anilines is 2. The molecule has 9 nitrogen and oxygen atoms in total. The molecule has 0 unspecified atom stereocenters. The quantitative estimate of drug-likeness (QED) is 0.587. The highest BCUT2D eigenvalue weighted by Gasteiger charge is 2.30. The Morgan fingerprint density at radius 3 is 2.44 bits per heavy atom. The minimum Gasteiger partial charge on any atom is -0.506 e. The first-order valence-electron chi connectivity index (χ1n) is 7.66. The molecule has 0 saturated heterocycles. The van der Waals surface area contributed by atoms with Crippen molar-refractivity contribution in [1.29, 1.82) is 0 Å². The van der Waals surface area contributed by atoms with Crippen LogP contribution in [-0.2, 0) is 26.7 Å². The third-order valence-corrected chi connectivity index (χ3v) is 5.59. The number of phenolic OH excluding ortho intramolecular Hbond substituents is 1. The second-order valence-corrected chi connectivity index (χ2v) is 9.24. The van der Waals surface area contributed by atoms with Crippen LogP contribution in [0.4, 0.5) is 11.4 Å². The van der Waals surface area contributed by atoms with Crippen LogP contribution in [0.1, 0.15) is 11.1 Å². The van der Waals surface area contributed by atoms with Gasteiger partial charge >= 0.3 is 10.2 Å². The number of hydrogen-bond donors (Lipinski definition) is 4. The van der Waals surface area contributed by atoms with Gasteiger partial charge in [0.15, 0.2) is 0 Å². The zero-order valence-corrected chi connectivity index (χ0v) is 15.8. The molecule has 0 aromatic heterocycles. The van der Waals surface area contributed by atoms with Gasteiger partial charge in [-0.05, 0) is 35.7 Å². The molecule has 11 heteroatoms. The molecule has 0 saturated carbocycles. The number of phenols is 1. The van der Waals surface area contributed by atoms with Crippen LogP contribution in [0.15, 0.2) is 54.5 Å². The van der Waals surface area contributed by atoms with E-state index in [9.17, 15) is 27.0 Å². The van der Waals surface area contributed by atoms with E-state index in [0.29, 0.717) is 23.2 Å². The highest BCUT2D eigenvalue weighted by atomic mass is 32.2. The van der Waals surface area contributed by atoms with E-state index < -0.39 is 26.1 Å². The molecule has 0 amide bonds. The van der Waals surface area contributed by atoms with Gasteiger partial charge in [-0.15, -0.1) is 0 Å². The van der Waals surface area contributed by atoms with Crippen molar-refractivity contribution < 1.29 is 27.0 Å². The third-order valence-electron chi connectivity index (χ3n) is 3.72. The average molecular weight is 411 g/mol. The number of sulfonamides is 1. The molecule has 4 N–H and O–H groups in total. The fourth-order valence-electron chi connectivity index (χ4n) is 2.65. The lowest BCUT2D eigenvalue weighted by atomic mass is 10.0. The summed E-state index contributed by atoms with van der Waals surface area (Å²) in [7, 11) is -7.45. The molecule has 1 heterocycles. The van der Waals surface area contributed by atoms with Crippen LogP contribution in [0.2, 0.25) is 0 Å². The predicted molar refractivity (Wildman–Crippen MR) is 101 cm³/mol. The summed E-state index contributed by atoms with van der Waals surface area (Å²) >= 11 is 0. The fraction of sp³-hybridized carbons (Fsp3) is 0.125. The van der Waals surface area contributed by atoms with Crippen molar-refractivity contribution in [2.45, 2.75) is 6.42 Å². The van der Waals surface area contributed by atoms with Crippen molar-refractivity contribution in [3.8, 4) is 5.75 Å². The number of benzene rings is 2. The summed E-state index contributed by atoms with van der Waals surface area (Å²) in [5, 5.41) is 19.6. The van der Waals surface area contributed by atoms with Gasteiger partial charge in [0.2, 0.25) is 15.9 Å². The monoisotopic (exact) mass is 411 g/mol. The predicted octanol–water partition coefficient (Wildman–Crippen LogP) is 1.37. The summed E-state index contributed by atoms with van der Waals surface area (Å²) in [4.78, 5) is 0. The van der Waals surface area contributed by atoms with Crippen LogP contribution in [-0.4, -0.2) is 33.3 Å². The SMILES string of the molecule is CS(=O)(=O)Nc1ccccc1Cc1ccc(N2C=C(O)NS2(=O)=O)c(O)c1. The number of nitrogens with zero attached hydrogens (tertiary/aromatic N) is 1. The Bertz CT molecular complexity index is 1130. The van der Waals surface area contributed by atoms with E-state index in [0.717, 1.165) is 16.8 Å². The molecular weight excluding hydrogens is 394 g/mol. The van der Waals surface area contributed by atoms with Gasteiger partial charge in [-0.3, -0.25) is 4.72 Å². The van der Waals surface area contributed by atoms with Crippen LogP contribution in [0.25, 0.3) is 0 Å². The summed E-state index contributed by atoms with van der Waals surface area (Å²) in [5.41, 5.74) is 1.71. The molecule has 27 heavy (non-hydrogen) atoms. The summed E-state index contributed by atoms with van der Waals surface area (Å²) in [5.74, 6) is -0.864. The molecule has 144 valence electrons. The van der Waals surface area contributed by atoms with Crippen molar-refractivity contribution in [2.75, 3.05) is 15.3 Å². The average Bonchev–Trinajstić information content (AvgIpc) is 2.80. The van der Waals surface area contributed by atoms with Crippen molar-refractivity contribution in [1.82, 2.24) is 4.72 Å². The topological polar surface area (TPSA) is 136 Å². The number of hydrogen-bond acceptors (Lipinski definition) is 6. The summed E-state index contributed by atoms with van der Waals surface area (Å²) in [6, 6.07) is 11.2. The van der Waals surface area contributed by atoms with Gasteiger partial charge in [-0.25, -0.2) is 17.4 Å². The van der Waals surface area contributed by atoms with E-state index in [1.165, 1.54) is 12.1 Å². The van der Waals surface area contributed by atoms with Crippen molar-refractivity contribution in [3.05, 3.63) is 65.7 Å². The molecule has 2 aromatic rings. The zero-order chi connectivity index (χ0) is 19.8. The second kappa shape index (κ2) is 6.67. The van der Waals surface area contributed by atoms with Crippen molar-refractivity contribution in [3.63, 3.8) is 0 Å². The van der Waals surface area contributed by atoms with Gasteiger partial charge in [0.1, 0.15) is 11.4 Å².